The molecule has 0 aromatic rings. The summed E-state index contributed by atoms with van der Waals surface area (Å²) in [4.78, 5) is 0. The van der Waals surface area contributed by atoms with Crippen molar-refractivity contribution in [1.82, 2.24) is 4.72 Å². The first-order valence-electron chi connectivity index (χ1n) is 6.01. The summed E-state index contributed by atoms with van der Waals surface area (Å²) >= 11 is 0. The van der Waals surface area contributed by atoms with Crippen LogP contribution in [0.3, 0.4) is 0 Å². The molecule has 1 fully saturated rings. The van der Waals surface area contributed by atoms with Crippen molar-refractivity contribution in [2.24, 2.45) is 0 Å². The molecule has 0 saturated heterocycles. The van der Waals surface area contributed by atoms with Gasteiger partial charge in [0.1, 0.15) is 5.25 Å². The first-order valence-corrected chi connectivity index (χ1v) is 7.56. The summed E-state index contributed by atoms with van der Waals surface area (Å²) in [6.45, 7) is 3.69. The molecule has 1 N–H and O–H groups in total. The van der Waals surface area contributed by atoms with Gasteiger partial charge in [-0.25, -0.2) is 13.1 Å². The molecule has 16 heavy (non-hydrogen) atoms. The maximum absolute atomic E-state index is 12.1. The van der Waals surface area contributed by atoms with Gasteiger partial charge in [-0.3, -0.25) is 0 Å². The molecule has 0 aromatic heterocycles. The van der Waals surface area contributed by atoms with Crippen LogP contribution in [0.2, 0.25) is 0 Å². The SMILES string of the molecule is CO[C@H]1CCCCC[C@H]1S(=O)(=O)NC(C)C. The molecule has 1 rings (SSSR count). The first kappa shape index (κ1) is 13.9. The monoisotopic (exact) mass is 249 g/mol. The zero-order valence-corrected chi connectivity index (χ0v) is 11.2. The third-order valence-electron chi connectivity index (χ3n) is 2.99. The summed E-state index contributed by atoms with van der Waals surface area (Å²) in [5.41, 5.74) is 0. The lowest BCUT2D eigenvalue weighted by Gasteiger charge is -2.25. The van der Waals surface area contributed by atoms with Crippen LogP contribution in [0.5, 0.6) is 0 Å². The van der Waals surface area contributed by atoms with Gasteiger partial charge in [0.15, 0.2) is 0 Å². The quantitative estimate of drug-likeness (QED) is 0.771. The van der Waals surface area contributed by atoms with Gasteiger partial charge >= 0.3 is 0 Å². The summed E-state index contributed by atoms with van der Waals surface area (Å²) < 4.78 is 32.3. The molecule has 1 aliphatic rings. The van der Waals surface area contributed by atoms with Crippen LogP contribution in [0.15, 0.2) is 0 Å². The van der Waals surface area contributed by atoms with Crippen molar-refractivity contribution in [2.45, 2.75) is 63.3 Å². The van der Waals surface area contributed by atoms with Crippen LogP contribution < -0.4 is 4.72 Å². The minimum atomic E-state index is -3.24. The Morgan fingerprint density at radius 1 is 1.19 bits per heavy atom. The van der Waals surface area contributed by atoms with Crippen LogP contribution in [0.25, 0.3) is 0 Å². The highest BCUT2D eigenvalue weighted by molar-refractivity contribution is 7.90. The predicted octanol–water partition coefficient (Wildman–Crippen LogP) is 1.66. The van der Waals surface area contributed by atoms with E-state index in [1.807, 2.05) is 13.8 Å². The van der Waals surface area contributed by atoms with Gasteiger partial charge in [-0.15, -0.1) is 0 Å². The van der Waals surface area contributed by atoms with Gasteiger partial charge in [0, 0.05) is 13.2 Å². The molecule has 0 unspecified atom stereocenters. The number of ether oxygens (including phenoxy) is 1. The normalized spacial score (nSPS) is 28.0. The maximum Gasteiger partial charge on any atom is 0.217 e. The van der Waals surface area contributed by atoms with Gasteiger partial charge in [-0.1, -0.05) is 19.3 Å². The highest BCUT2D eigenvalue weighted by Gasteiger charge is 2.34. The van der Waals surface area contributed by atoms with Crippen LogP contribution in [-0.2, 0) is 14.8 Å². The predicted molar refractivity (Wildman–Crippen MR) is 64.9 cm³/mol. The third-order valence-corrected chi connectivity index (χ3v) is 5.13. The Bertz CT molecular complexity index is 300. The van der Waals surface area contributed by atoms with Gasteiger partial charge < -0.3 is 4.74 Å². The highest BCUT2D eigenvalue weighted by Crippen LogP contribution is 2.25. The van der Waals surface area contributed by atoms with Gasteiger partial charge in [0.25, 0.3) is 0 Å². The minimum absolute atomic E-state index is 0.0502. The molecule has 0 aliphatic heterocycles. The van der Waals surface area contributed by atoms with Gasteiger partial charge in [0.05, 0.1) is 6.10 Å². The molecule has 0 spiro atoms. The summed E-state index contributed by atoms with van der Waals surface area (Å²) in [7, 11) is -1.64. The fraction of sp³-hybridized carbons (Fsp3) is 1.00. The number of hydrogen-bond donors (Lipinski definition) is 1. The smallest absolute Gasteiger partial charge is 0.217 e. The minimum Gasteiger partial charge on any atom is -0.380 e. The summed E-state index contributed by atoms with van der Waals surface area (Å²) in [6.07, 6.45) is 4.54. The topological polar surface area (TPSA) is 55.4 Å². The molecule has 0 radical (unpaired) electrons. The molecule has 2 atom stereocenters. The van der Waals surface area contributed by atoms with E-state index in [1.165, 1.54) is 0 Å². The van der Waals surface area contributed by atoms with E-state index >= 15 is 0 Å². The van der Waals surface area contributed by atoms with Crippen LogP contribution >= 0.6 is 0 Å². The average Bonchev–Trinajstić information content (AvgIpc) is 2.40. The van der Waals surface area contributed by atoms with Gasteiger partial charge in [-0.05, 0) is 26.7 Å². The molecule has 0 heterocycles. The van der Waals surface area contributed by atoms with E-state index in [1.54, 1.807) is 7.11 Å². The Kier molecular flexibility index (Phi) is 5.21. The fourth-order valence-electron chi connectivity index (χ4n) is 2.28. The molecule has 4 nitrogen and oxygen atoms in total. The number of rotatable bonds is 4. The Hall–Kier alpha value is -0.130. The van der Waals surface area contributed by atoms with Crippen LogP contribution in [0.4, 0.5) is 0 Å². The van der Waals surface area contributed by atoms with Crippen molar-refractivity contribution in [2.75, 3.05) is 7.11 Å². The van der Waals surface area contributed by atoms with Crippen LogP contribution in [-0.4, -0.2) is 32.9 Å². The Balaban J connectivity index is 2.80. The van der Waals surface area contributed by atoms with Gasteiger partial charge in [-0.2, -0.15) is 0 Å². The largest absolute Gasteiger partial charge is 0.380 e. The van der Waals surface area contributed by atoms with Crippen molar-refractivity contribution in [1.29, 1.82) is 0 Å². The molecule has 0 amide bonds. The first-order chi connectivity index (χ1) is 7.47. The van der Waals surface area contributed by atoms with E-state index in [-0.39, 0.29) is 17.4 Å². The third kappa shape index (κ3) is 3.71. The molecule has 5 heteroatoms. The Morgan fingerprint density at radius 3 is 2.38 bits per heavy atom. The molecule has 96 valence electrons. The number of nitrogens with one attached hydrogen (secondary N) is 1. The Labute approximate surface area is 98.8 Å². The molecular formula is C11H23NO3S. The second kappa shape index (κ2) is 5.98. The summed E-state index contributed by atoms with van der Waals surface area (Å²) in [5.74, 6) is 0. The Morgan fingerprint density at radius 2 is 1.81 bits per heavy atom. The molecule has 1 saturated carbocycles. The van der Waals surface area contributed by atoms with Crippen molar-refractivity contribution in [3.05, 3.63) is 0 Å². The molecule has 0 bridgehead atoms. The highest BCUT2D eigenvalue weighted by atomic mass is 32.2. The van der Waals surface area contributed by atoms with Crippen molar-refractivity contribution >= 4 is 10.0 Å². The lowest BCUT2D eigenvalue weighted by molar-refractivity contribution is 0.0920. The number of hydrogen-bond acceptors (Lipinski definition) is 3. The zero-order chi connectivity index (χ0) is 12.2. The maximum atomic E-state index is 12.1. The van der Waals surface area contributed by atoms with Crippen molar-refractivity contribution in [3.8, 4) is 0 Å². The fourth-order valence-corrected chi connectivity index (χ4v) is 4.24. The van der Waals surface area contributed by atoms with Crippen molar-refractivity contribution < 1.29 is 13.2 Å². The summed E-state index contributed by atoms with van der Waals surface area (Å²) in [6, 6.07) is -0.0502. The van der Waals surface area contributed by atoms with E-state index in [9.17, 15) is 8.42 Å². The zero-order valence-electron chi connectivity index (χ0n) is 10.4. The standard InChI is InChI=1S/C11H23NO3S/c1-9(2)12-16(13,14)11-8-6-4-5-7-10(11)15-3/h9-12H,4-8H2,1-3H3/t10-,11+/m0/s1. The second-order valence-electron chi connectivity index (χ2n) is 4.77. The van der Waals surface area contributed by atoms with E-state index in [2.05, 4.69) is 4.72 Å². The summed E-state index contributed by atoms with van der Waals surface area (Å²) in [5, 5.41) is -0.387. The average molecular weight is 249 g/mol. The van der Waals surface area contributed by atoms with E-state index in [0.29, 0.717) is 6.42 Å². The van der Waals surface area contributed by atoms with Crippen LogP contribution in [0, 0.1) is 0 Å². The lowest BCUT2D eigenvalue weighted by atomic mass is 10.1. The van der Waals surface area contributed by atoms with Crippen LogP contribution in [0.1, 0.15) is 46.0 Å². The molecule has 1 aliphatic carbocycles. The number of sulfonamides is 1. The lowest BCUT2D eigenvalue weighted by Crippen LogP contribution is -2.44. The van der Waals surface area contributed by atoms with E-state index in [4.69, 9.17) is 4.74 Å². The van der Waals surface area contributed by atoms with E-state index < -0.39 is 10.0 Å². The number of methoxy groups -OCH3 is 1. The molecule has 0 aromatic carbocycles. The molecular weight excluding hydrogens is 226 g/mol. The second-order valence-corrected chi connectivity index (χ2v) is 6.70. The van der Waals surface area contributed by atoms with Crippen molar-refractivity contribution in [3.63, 3.8) is 0 Å². The van der Waals surface area contributed by atoms with E-state index in [0.717, 1.165) is 25.7 Å². The van der Waals surface area contributed by atoms with Gasteiger partial charge in [0.2, 0.25) is 10.0 Å².